The van der Waals surface area contributed by atoms with Gasteiger partial charge in [-0.05, 0) is 114 Å². The first-order chi connectivity index (χ1) is 25.9. The van der Waals surface area contributed by atoms with E-state index >= 15 is 0 Å². The molecule has 294 valence electrons. The van der Waals surface area contributed by atoms with Crippen molar-refractivity contribution in [1.29, 1.82) is 0 Å². The highest BCUT2D eigenvalue weighted by molar-refractivity contribution is 5.85. The number of halogens is 2. The van der Waals surface area contributed by atoms with E-state index in [1.165, 1.54) is 11.1 Å². The number of nitrogens with zero attached hydrogens (tertiary/aromatic N) is 2. The Kier molecular flexibility index (Phi) is 15.6. The van der Waals surface area contributed by atoms with Crippen molar-refractivity contribution in [3.63, 3.8) is 0 Å². The second-order valence-electron chi connectivity index (χ2n) is 13.3. The van der Waals surface area contributed by atoms with Crippen molar-refractivity contribution >= 4 is 30.5 Å². The number of rotatable bonds is 15. The number of methoxy groups -OCH3 is 7. The van der Waals surface area contributed by atoms with Gasteiger partial charge in [-0.1, -0.05) is 30.3 Å². The number of hydrogen-bond donors (Lipinski definition) is 0. The molecule has 11 heteroatoms. The van der Waals surface area contributed by atoms with Crippen LogP contribution in [0.1, 0.15) is 36.8 Å². The summed E-state index contributed by atoms with van der Waals surface area (Å²) in [5.41, 5.74) is 7.61. The van der Waals surface area contributed by atoms with Crippen molar-refractivity contribution in [3.05, 3.63) is 102 Å². The molecule has 0 unspecified atom stereocenters. The van der Waals surface area contributed by atoms with Crippen molar-refractivity contribution in [2.75, 3.05) is 54.7 Å². The lowest BCUT2D eigenvalue weighted by molar-refractivity contribution is 0.310. The van der Waals surface area contributed by atoms with Gasteiger partial charge in [-0.2, -0.15) is 0 Å². The highest BCUT2D eigenvalue weighted by Crippen LogP contribution is 2.43. The Morgan fingerprint density at radius 2 is 1.04 bits per heavy atom. The lowest BCUT2D eigenvalue weighted by Crippen LogP contribution is -2.38. The summed E-state index contributed by atoms with van der Waals surface area (Å²) in [4.78, 5) is 7.17. The fourth-order valence-electron chi connectivity index (χ4n) is 7.57. The summed E-state index contributed by atoms with van der Waals surface area (Å²) >= 11 is 0. The monoisotopic (exact) mass is 790 g/mol. The van der Waals surface area contributed by atoms with Gasteiger partial charge < -0.3 is 38.1 Å². The average Bonchev–Trinajstić information content (AvgIpc) is 3.22. The third-order valence-electron chi connectivity index (χ3n) is 10.2. The maximum atomic E-state index is 5.90. The quantitative estimate of drug-likeness (QED) is 0.103. The smallest absolute Gasteiger partial charge is 0.203 e. The molecule has 1 fully saturated rings. The molecule has 1 heterocycles. The number of anilines is 1. The highest BCUT2D eigenvalue weighted by Gasteiger charge is 2.28. The normalized spacial score (nSPS) is 14.7. The van der Waals surface area contributed by atoms with Crippen LogP contribution in [0.4, 0.5) is 5.69 Å². The van der Waals surface area contributed by atoms with Gasteiger partial charge in [0.1, 0.15) is 5.75 Å². The van der Waals surface area contributed by atoms with Crippen molar-refractivity contribution in [2.45, 2.75) is 44.7 Å². The summed E-state index contributed by atoms with van der Waals surface area (Å²) < 4.78 is 39.5. The zero-order valence-corrected chi connectivity index (χ0v) is 34.3. The molecule has 6 rings (SSSR count). The van der Waals surface area contributed by atoms with Crippen LogP contribution < -0.4 is 38.1 Å². The first-order valence-corrected chi connectivity index (χ1v) is 18.0. The number of benzene rings is 4. The molecule has 5 aromatic rings. The molecule has 0 aliphatic heterocycles. The fourth-order valence-corrected chi connectivity index (χ4v) is 7.57. The van der Waals surface area contributed by atoms with Crippen LogP contribution in [-0.2, 0) is 13.0 Å². The first kappa shape index (κ1) is 42.7. The predicted molar refractivity (Wildman–Crippen MR) is 224 cm³/mol. The molecule has 1 saturated carbocycles. The topological polar surface area (TPSA) is 80.7 Å². The molecule has 1 aliphatic carbocycles. The molecule has 1 aliphatic rings. The molecule has 0 bridgehead atoms. The minimum Gasteiger partial charge on any atom is -0.495 e. The molecule has 0 radical (unpaired) electrons. The Morgan fingerprint density at radius 1 is 0.509 bits per heavy atom. The van der Waals surface area contributed by atoms with Gasteiger partial charge in [-0.15, -0.1) is 24.8 Å². The van der Waals surface area contributed by atoms with Gasteiger partial charge in [0, 0.05) is 30.5 Å². The molecule has 0 saturated heterocycles. The van der Waals surface area contributed by atoms with E-state index in [-0.39, 0.29) is 24.8 Å². The maximum Gasteiger partial charge on any atom is 0.203 e. The minimum absolute atomic E-state index is 0. The number of hydrogen-bond acceptors (Lipinski definition) is 9. The standard InChI is InChI=1S/C44H50N2O7.2ClH/c1-47-38-14-9-8-13-37(38)46(28-30-11-10-12-32(20-30)33-22-39(48-2)43(52-6)40(23-33)49-3)36-17-15-29(16-18-36)19-31-21-35(27-45-26-31)34-24-41(50-4)44(53-7)42(25-34)51-5;;/h8-14,20-27,29,36H,15-19,28H2,1-7H3;2*1H. The van der Waals surface area contributed by atoms with Crippen LogP contribution in [-0.4, -0.2) is 60.8 Å². The third-order valence-corrected chi connectivity index (χ3v) is 10.2. The number of aromatic nitrogens is 1. The fraction of sp³-hybridized carbons (Fsp3) is 0.341. The first-order valence-electron chi connectivity index (χ1n) is 18.0. The number of pyridine rings is 1. The van der Waals surface area contributed by atoms with Gasteiger partial charge in [-0.3, -0.25) is 4.98 Å². The van der Waals surface area contributed by atoms with E-state index < -0.39 is 0 Å². The van der Waals surface area contributed by atoms with E-state index in [1.54, 1.807) is 49.8 Å². The molecular formula is C44H52Cl2N2O7. The van der Waals surface area contributed by atoms with Crippen LogP contribution in [0.2, 0.25) is 0 Å². The van der Waals surface area contributed by atoms with E-state index in [0.29, 0.717) is 46.5 Å². The zero-order chi connectivity index (χ0) is 37.3. The summed E-state index contributed by atoms with van der Waals surface area (Å²) in [7, 11) is 11.5. The highest BCUT2D eigenvalue weighted by atomic mass is 35.5. The lowest BCUT2D eigenvalue weighted by atomic mass is 9.81. The molecule has 0 amide bonds. The van der Waals surface area contributed by atoms with Crippen molar-refractivity contribution in [2.24, 2.45) is 5.92 Å². The van der Waals surface area contributed by atoms with Crippen molar-refractivity contribution in [1.82, 2.24) is 4.98 Å². The van der Waals surface area contributed by atoms with Crippen LogP contribution in [0.3, 0.4) is 0 Å². The summed E-state index contributed by atoms with van der Waals surface area (Å²) in [5, 5.41) is 0. The molecule has 0 N–H and O–H groups in total. The van der Waals surface area contributed by atoms with Crippen molar-refractivity contribution in [3.8, 4) is 62.5 Å². The van der Waals surface area contributed by atoms with Gasteiger partial charge in [-0.25, -0.2) is 0 Å². The van der Waals surface area contributed by atoms with Crippen LogP contribution in [0.5, 0.6) is 40.2 Å². The largest absolute Gasteiger partial charge is 0.495 e. The molecule has 9 nitrogen and oxygen atoms in total. The van der Waals surface area contributed by atoms with E-state index in [4.69, 9.17) is 33.2 Å². The molecule has 0 atom stereocenters. The Balaban J connectivity index is 0.00000336. The summed E-state index contributed by atoms with van der Waals surface area (Å²) in [6.07, 6.45) is 9.26. The molecule has 55 heavy (non-hydrogen) atoms. The van der Waals surface area contributed by atoms with Crippen LogP contribution in [0.15, 0.2) is 91.3 Å². The Morgan fingerprint density at radius 3 is 1.58 bits per heavy atom. The second kappa shape index (κ2) is 20.1. The maximum absolute atomic E-state index is 5.90. The Hall–Kier alpha value is -4.99. The molecule has 4 aromatic carbocycles. The van der Waals surface area contributed by atoms with Gasteiger partial charge in [0.25, 0.3) is 0 Å². The molecular weight excluding hydrogens is 739 g/mol. The number of ether oxygens (including phenoxy) is 7. The summed E-state index contributed by atoms with van der Waals surface area (Å²) in [6.45, 7) is 0.745. The summed E-state index contributed by atoms with van der Waals surface area (Å²) in [6, 6.07) is 27.6. The molecule has 0 spiro atoms. The molecule has 1 aromatic heterocycles. The Labute approximate surface area is 337 Å². The summed E-state index contributed by atoms with van der Waals surface area (Å²) in [5.74, 6) is 5.10. The van der Waals surface area contributed by atoms with E-state index in [0.717, 1.165) is 72.3 Å². The van der Waals surface area contributed by atoms with Gasteiger partial charge >= 0.3 is 0 Å². The van der Waals surface area contributed by atoms with Crippen molar-refractivity contribution < 1.29 is 33.2 Å². The van der Waals surface area contributed by atoms with Crippen LogP contribution >= 0.6 is 24.8 Å². The van der Waals surface area contributed by atoms with Gasteiger partial charge in [0.2, 0.25) is 11.5 Å². The third kappa shape index (κ3) is 9.64. The number of para-hydroxylation sites is 2. The minimum atomic E-state index is 0. The SMILES string of the molecule is COc1ccccc1N(Cc1cccc(-c2cc(OC)c(OC)c(OC)c2)c1)C1CCC(Cc2cncc(-c3cc(OC)c(OC)c(OC)c3)c2)CC1.Cl.Cl. The van der Waals surface area contributed by atoms with E-state index in [1.807, 2.05) is 48.8 Å². The Bertz CT molecular complexity index is 1950. The van der Waals surface area contributed by atoms with Gasteiger partial charge in [0.05, 0.1) is 55.5 Å². The van der Waals surface area contributed by atoms with Crippen LogP contribution in [0, 0.1) is 5.92 Å². The lowest BCUT2D eigenvalue weighted by Gasteiger charge is -2.39. The van der Waals surface area contributed by atoms with E-state index in [9.17, 15) is 0 Å². The van der Waals surface area contributed by atoms with E-state index in [2.05, 4.69) is 52.3 Å². The van der Waals surface area contributed by atoms with Gasteiger partial charge in [0.15, 0.2) is 23.0 Å². The predicted octanol–water partition coefficient (Wildman–Crippen LogP) is 10.1. The zero-order valence-electron chi connectivity index (χ0n) is 32.6. The second-order valence-corrected chi connectivity index (χ2v) is 13.3. The average molecular weight is 792 g/mol. The van der Waals surface area contributed by atoms with Crippen LogP contribution in [0.25, 0.3) is 22.3 Å².